The minimum atomic E-state index is -1.86. The number of esters is 2. The molecular formula is C26H42O6Si2. The first-order valence-corrected chi connectivity index (χ1v) is 19.7. The molecule has 4 unspecified atom stereocenters. The Kier molecular flexibility index (Phi) is 5.14. The molecule has 0 N–H and O–H groups in total. The predicted molar refractivity (Wildman–Crippen MR) is 134 cm³/mol. The first kappa shape index (κ1) is 24.7. The largest absolute Gasteiger partial charge is 0.469 e. The van der Waals surface area contributed by atoms with E-state index in [1.54, 1.807) is 0 Å². The fourth-order valence-electron chi connectivity index (χ4n) is 9.16. The molecule has 6 nitrogen and oxygen atoms in total. The molecule has 190 valence electrons. The van der Waals surface area contributed by atoms with Crippen molar-refractivity contribution in [2.45, 2.75) is 102 Å². The van der Waals surface area contributed by atoms with Gasteiger partial charge in [-0.25, -0.2) is 0 Å². The van der Waals surface area contributed by atoms with Crippen LogP contribution in [-0.2, 0) is 27.9 Å². The molecule has 4 bridgehead atoms. The molecule has 1 aliphatic heterocycles. The summed E-state index contributed by atoms with van der Waals surface area (Å²) in [5.74, 6) is -0.860. The van der Waals surface area contributed by atoms with Gasteiger partial charge in [-0.05, 0) is 89.3 Å². The highest BCUT2D eigenvalue weighted by molar-refractivity contribution is 6.70. The third-order valence-electron chi connectivity index (χ3n) is 9.51. The monoisotopic (exact) mass is 506 g/mol. The van der Waals surface area contributed by atoms with E-state index in [1.165, 1.54) is 7.11 Å². The Labute approximate surface area is 206 Å². The number of ether oxygens (including phenoxy) is 2. The summed E-state index contributed by atoms with van der Waals surface area (Å²) >= 11 is 0. The van der Waals surface area contributed by atoms with Crippen LogP contribution in [0.1, 0.15) is 45.4 Å². The van der Waals surface area contributed by atoms with Crippen LogP contribution >= 0.6 is 0 Å². The SMILES string of the molecule is C=C1C[C@]23C[C@@]1(O[Si](C)(C)C)CCC2[C@@]12C[C@H](O[Si](C)(C)C)CC(C)(C(=O)O1)C2C3C(=O)OC. The predicted octanol–water partition coefficient (Wildman–Crippen LogP) is 5.06. The number of carbonyl (C=O) groups is 2. The average molecular weight is 507 g/mol. The zero-order valence-corrected chi connectivity index (χ0v) is 24.2. The van der Waals surface area contributed by atoms with Gasteiger partial charge in [0.25, 0.3) is 0 Å². The summed E-state index contributed by atoms with van der Waals surface area (Å²) < 4.78 is 25.4. The maximum atomic E-state index is 13.6. The molecule has 34 heavy (non-hydrogen) atoms. The van der Waals surface area contributed by atoms with Crippen molar-refractivity contribution in [2.75, 3.05) is 7.11 Å². The van der Waals surface area contributed by atoms with Crippen molar-refractivity contribution in [1.29, 1.82) is 0 Å². The Balaban J connectivity index is 1.64. The van der Waals surface area contributed by atoms with Gasteiger partial charge in [0.2, 0.25) is 0 Å². The van der Waals surface area contributed by atoms with E-state index in [9.17, 15) is 9.59 Å². The standard InChI is InChI=1S/C26H42O6Si2/c1-16-12-24-15-25(16,32-34(7,8)9)11-10-18(24)26-14-17(31-33(4,5)6)13-23(2,22(28)30-26)20(26)19(24)21(27)29-3/h17-20H,1,10-15H2,2-9H3/t17-,18?,19?,20?,23?,24+,25+,26-/m1/s1. The first-order chi connectivity index (χ1) is 15.5. The Bertz CT molecular complexity index is 952. The molecule has 1 spiro atoms. The van der Waals surface area contributed by atoms with Crippen LogP contribution in [0.4, 0.5) is 0 Å². The van der Waals surface area contributed by atoms with Crippen LogP contribution in [0.5, 0.6) is 0 Å². The van der Waals surface area contributed by atoms with Gasteiger partial charge >= 0.3 is 11.9 Å². The van der Waals surface area contributed by atoms with E-state index in [0.717, 1.165) is 31.3 Å². The molecule has 1 saturated heterocycles. The molecule has 4 aliphatic carbocycles. The zero-order chi connectivity index (χ0) is 25.1. The Morgan fingerprint density at radius 3 is 2.38 bits per heavy atom. The number of fused-ring (bicyclic) bond motifs is 1. The molecule has 0 amide bonds. The van der Waals surface area contributed by atoms with Crippen molar-refractivity contribution in [1.82, 2.24) is 0 Å². The lowest BCUT2D eigenvalue weighted by atomic mass is 9.59. The molecule has 8 atom stereocenters. The van der Waals surface area contributed by atoms with Crippen LogP contribution in [-0.4, -0.2) is 53.0 Å². The maximum Gasteiger partial charge on any atom is 0.312 e. The second kappa shape index (κ2) is 7.08. The van der Waals surface area contributed by atoms with Crippen LogP contribution in [0.3, 0.4) is 0 Å². The van der Waals surface area contributed by atoms with Crippen LogP contribution in [0.15, 0.2) is 12.2 Å². The van der Waals surface area contributed by atoms with Crippen molar-refractivity contribution in [2.24, 2.45) is 28.6 Å². The van der Waals surface area contributed by atoms with E-state index in [4.69, 9.17) is 18.3 Å². The number of methoxy groups -OCH3 is 1. The summed E-state index contributed by atoms with van der Waals surface area (Å²) in [5.41, 5.74) is -1.04. The van der Waals surface area contributed by atoms with E-state index in [2.05, 4.69) is 45.9 Å². The Morgan fingerprint density at radius 2 is 1.79 bits per heavy atom. The van der Waals surface area contributed by atoms with Crippen molar-refractivity contribution < 1.29 is 27.9 Å². The maximum absolute atomic E-state index is 13.6. The fourth-order valence-corrected chi connectivity index (χ4v) is 11.8. The molecule has 0 radical (unpaired) electrons. The highest BCUT2D eigenvalue weighted by atomic mass is 28.4. The third kappa shape index (κ3) is 3.17. The molecular weight excluding hydrogens is 464 g/mol. The van der Waals surface area contributed by atoms with Gasteiger partial charge in [0.15, 0.2) is 16.6 Å². The number of hydrogen-bond acceptors (Lipinski definition) is 6. The van der Waals surface area contributed by atoms with E-state index in [0.29, 0.717) is 12.8 Å². The van der Waals surface area contributed by atoms with Crippen LogP contribution in [0.25, 0.3) is 0 Å². The van der Waals surface area contributed by atoms with Crippen LogP contribution < -0.4 is 0 Å². The summed E-state index contributed by atoms with van der Waals surface area (Å²) in [4.78, 5) is 27.1. The molecule has 5 fully saturated rings. The van der Waals surface area contributed by atoms with Gasteiger partial charge in [0.1, 0.15) is 5.60 Å². The molecule has 8 heteroatoms. The number of hydrogen-bond donors (Lipinski definition) is 0. The second-order valence-corrected chi connectivity index (χ2v) is 22.9. The number of carbonyl (C=O) groups excluding carboxylic acids is 2. The highest BCUT2D eigenvalue weighted by Crippen LogP contribution is 2.79. The molecule has 1 heterocycles. The normalized spacial score (nSPS) is 47.3. The van der Waals surface area contributed by atoms with E-state index in [1.807, 2.05) is 6.92 Å². The van der Waals surface area contributed by atoms with E-state index < -0.39 is 33.6 Å². The topological polar surface area (TPSA) is 71.1 Å². The van der Waals surface area contributed by atoms with E-state index >= 15 is 0 Å². The van der Waals surface area contributed by atoms with Gasteiger partial charge < -0.3 is 18.3 Å². The van der Waals surface area contributed by atoms with Crippen molar-refractivity contribution in [3.8, 4) is 0 Å². The van der Waals surface area contributed by atoms with Gasteiger partial charge in [-0.1, -0.05) is 6.58 Å². The summed E-state index contributed by atoms with van der Waals surface area (Å²) in [6.45, 7) is 19.8. The van der Waals surface area contributed by atoms with Gasteiger partial charge in [0, 0.05) is 24.4 Å². The minimum absolute atomic E-state index is 0.0256. The van der Waals surface area contributed by atoms with Crippen LogP contribution in [0.2, 0.25) is 39.3 Å². The van der Waals surface area contributed by atoms with Crippen molar-refractivity contribution in [3.05, 3.63) is 12.2 Å². The van der Waals surface area contributed by atoms with Gasteiger partial charge in [-0.15, -0.1) is 0 Å². The first-order valence-electron chi connectivity index (χ1n) is 12.9. The minimum Gasteiger partial charge on any atom is -0.469 e. The van der Waals surface area contributed by atoms with Crippen molar-refractivity contribution in [3.63, 3.8) is 0 Å². The highest BCUT2D eigenvalue weighted by Gasteiger charge is 2.84. The summed E-state index contributed by atoms with van der Waals surface area (Å²) in [5, 5.41) is 0. The lowest BCUT2D eigenvalue weighted by Crippen LogP contribution is -2.54. The third-order valence-corrected chi connectivity index (χ3v) is 11.6. The van der Waals surface area contributed by atoms with Gasteiger partial charge in [0.05, 0.1) is 24.0 Å². The molecule has 5 rings (SSSR count). The Morgan fingerprint density at radius 1 is 1.12 bits per heavy atom. The second-order valence-electron chi connectivity index (χ2n) is 14.0. The van der Waals surface area contributed by atoms with E-state index in [-0.39, 0.29) is 40.9 Å². The van der Waals surface area contributed by atoms with Crippen LogP contribution in [0, 0.1) is 28.6 Å². The quantitative estimate of drug-likeness (QED) is 0.295. The smallest absolute Gasteiger partial charge is 0.312 e. The number of rotatable bonds is 5. The average Bonchev–Trinajstić information content (AvgIpc) is 3.07. The Hall–Kier alpha value is -0.966. The molecule has 5 aliphatic rings. The zero-order valence-electron chi connectivity index (χ0n) is 22.2. The van der Waals surface area contributed by atoms with Gasteiger partial charge in [-0.2, -0.15) is 0 Å². The lowest BCUT2D eigenvalue weighted by Gasteiger charge is -2.49. The molecule has 4 saturated carbocycles. The summed E-state index contributed by atoms with van der Waals surface area (Å²) in [6, 6.07) is 0. The summed E-state index contributed by atoms with van der Waals surface area (Å²) in [7, 11) is -2.20. The fraction of sp³-hybridized carbons (Fsp3) is 0.846. The lowest BCUT2D eigenvalue weighted by molar-refractivity contribution is -0.163. The molecule has 0 aromatic carbocycles. The molecule has 0 aromatic heterocycles. The van der Waals surface area contributed by atoms with Gasteiger partial charge in [-0.3, -0.25) is 9.59 Å². The molecule has 0 aromatic rings. The van der Waals surface area contributed by atoms with Crippen molar-refractivity contribution >= 4 is 28.6 Å². The summed E-state index contributed by atoms with van der Waals surface area (Å²) in [6.07, 6.45) is 4.53.